The third-order valence-electron chi connectivity index (χ3n) is 3.69. The number of carbonyl (C=O) groups is 1. The minimum atomic E-state index is -4.11. The lowest BCUT2D eigenvalue weighted by atomic mass is 10.1. The summed E-state index contributed by atoms with van der Waals surface area (Å²) in [5.41, 5.74) is 0.213. The summed E-state index contributed by atoms with van der Waals surface area (Å²) >= 11 is 0. The second-order valence-electron chi connectivity index (χ2n) is 7.13. The summed E-state index contributed by atoms with van der Waals surface area (Å²) in [5.74, 6) is 0. The zero-order valence-electron chi connectivity index (χ0n) is 14.9. The number of hydrogen-bond acceptors (Lipinski definition) is 5. The van der Waals surface area contributed by atoms with Gasteiger partial charge in [0.05, 0.1) is 11.4 Å². The maximum Gasteiger partial charge on any atom is 0.410 e. The summed E-state index contributed by atoms with van der Waals surface area (Å²) in [7, 11) is -4.11. The third-order valence-corrected chi connectivity index (χ3v) is 5.04. The monoisotopic (exact) mass is 373 g/mol. The Morgan fingerprint density at radius 2 is 1.84 bits per heavy atom. The number of rotatable bonds is 3. The molecule has 25 heavy (non-hydrogen) atoms. The number of halogens is 1. The van der Waals surface area contributed by atoms with E-state index in [4.69, 9.17) is 8.92 Å². The molecule has 140 valence electrons. The minimum absolute atomic E-state index is 0.00662. The van der Waals surface area contributed by atoms with E-state index in [2.05, 4.69) is 0 Å². The van der Waals surface area contributed by atoms with Crippen LogP contribution in [0.25, 0.3) is 0 Å². The lowest BCUT2D eigenvalue weighted by Crippen LogP contribution is -2.50. The van der Waals surface area contributed by atoms with Crippen molar-refractivity contribution in [2.24, 2.45) is 0 Å². The molecular formula is C17H24FNO5S. The van der Waals surface area contributed by atoms with Crippen molar-refractivity contribution < 1.29 is 26.5 Å². The van der Waals surface area contributed by atoms with Gasteiger partial charge in [0.2, 0.25) is 0 Å². The van der Waals surface area contributed by atoms with E-state index in [9.17, 15) is 17.6 Å². The van der Waals surface area contributed by atoms with Crippen LogP contribution in [0.3, 0.4) is 0 Å². The van der Waals surface area contributed by atoms with Crippen LogP contribution in [0.4, 0.5) is 9.18 Å². The topological polar surface area (TPSA) is 72.9 Å². The highest BCUT2D eigenvalue weighted by atomic mass is 32.2. The van der Waals surface area contributed by atoms with Gasteiger partial charge >= 0.3 is 6.09 Å². The predicted molar refractivity (Wildman–Crippen MR) is 90.6 cm³/mol. The molecule has 1 aliphatic rings. The summed E-state index contributed by atoms with van der Waals surface area (Å²) in [6.07, 6.45) is -3.35. The molecule has 0 spiro atoms. The molecule has 0 N–H and O–H groups in total. The first-order chi connectivity index (χ1) is 11.5. The smallest absolute Gasteiger partial charge is 0.410 e. The fourth-order valence-electron chi connectivity index (χ4n) is 2.39. The van der Waals surface area contributed by atoms with Gasteiger partial charge in [0.25, 0.3) is 10.1 Å². The number of nitrogens with zero attached hydrogens (tertiary/aromatic N) is 1. The Morgan fingerprint density at radius 3 is 2.40 bits per heavy atom. The van der Waals surface area contributed by atoms with Crippen LogP contribution >= 0.6 is 0 Å². The van der Waals surface area contributed by atoms with E-state index < -0.39 is 34.1 Å². The number of ether oxygens (including phenoxy) is 1. The SMILES string of the molecule is Cc1ccc(S(=O)(=O)O[C@@H]2CN(C(=O)OC(C)(C)C)CC[C@H]2F)cc1. The Labute approximate surface area is 148 Å². The molecule has 0 aromatic heterocycles. The van der Waals surface area contributed by atoms with Gasteiger partial charge in [0.1, 0.15) is 17.9 Å². The fraction of sp³-hybridized carbons (Fsp3) is 0.588. The number of amides is 1. The number of piperidine rings is 1. The van der Waals surface area contributed by atoms with Gasteiger partial charge in [-0.2, -0.15) is 8.42 Å². The Kier molecular flexibility index (Phi) is 5.73. The van der Waals surface area contributed by atoms with E-state index in [0.29, 0.717) is 0 Å². The van der Waals surface area contributed by atoms with Crippen LogP contribution in [0, 0.1) is 6.92 Å². The first kappa shape index (κ1) is 19.7. The van der Waals surface area contributed by atoms with Crippen LogP contribution in [0.1, 0.15) is 32.8 Å². The van der Waals surface area contributed by atoms with Crippen molar-refractivity contribution in [1.82, 2.24) is 4.90 Å². The average molecular weight is 373 g/mol. The molecule has 1 saturated heterocycles. The predicted octanol–water partition coefficient (Wildman–Crippen LogP) is 3.05. The second kappa shape index (κ2) is 7.29. The van der Waals surface area contributed by atoms with Crippen molar-refractivity contribution in [3.05, 3.63) is 29.8 Å². The third kappa shape index (κ3) is 5.40. The van der Waals surface area contributed by atoms with Crippen LogP contribution in [-0.4, -0.2) is 50.4 Å². The molecule has 2 atom stereocenters. The van der Waals surface area contributed by atoms with Gasteiger partial charge < -0.3 is 9.64 Å². The van der Waals surface area contributed by atoms with Crippen LogP contribution in [0.15, 0.2) is 29.2 Å². The van der Waals surface area contributed by atoms with Crippen molar-refractivity contribution in [3.63, 3.8) is 0 Å². The number of alkyl halides is 1. The van der Waals surface area contributed by atoms with Crippen molar-refractivity contribution in [2.75, 3.05) is 13.1 Å². The summed E-state index contributed by atoms with van der Waals surface area (Å²) < 4.78 is 49.2. The van der Waals surface area contributed by atoms with Gasteiger partial charge in [-0.3, -0.25) is 4.18 Å². The second-order valence-corrected chi connectivity index (χ2v) is 8.70. The molecule has 6 nitrogen and oxygen atoms in total. The molecule has 1 heterocycles. The van der Waals surface area contributed by atoms with Gasteiger partial charge in [0.15, 0.2) is 0 Å². The van der Waals surface area contributed by atoms with Crippen LogP contribution in [0.5, 0.6) is 0 Å². The van der Waals surface area contributed by atoms with Gasteiger partial charge in [-0.25, -0.2) is 9.18 Å². The van der Waals surface area contributed by atoms with E-state index in [-0.39, 0.29) is 24.4 Å². The zero-order valence-corrected chi connectivity index (χ0v) is 15.7. The summed E-state index contributed by atoms with van der Waals surface area (Å²) in [5, 5.41) is 0. The number of aryl methyl sites for hydroxylation is 1. The molecule has 1 fully saturated rings. The standard InChI is InChI=1S/C17H24FNO5S/c1-12-5-7-13(8-6-12)25(21,22)24-15-11-19(10-9-14(15)18)16(20)23-17(2,3)4/h5-8,14-15H,9-11H2,1-4H3/t14-,15-/m1/s1. The Morgan fingerprint density at radius 1 is 1.24 bits per heavy atom. The van der Waals surface area contributed by atoms with Gasteiger partial charge in [0, 0.05) is 6.54 Å². The Balaban J connectivity index is 2.09. The van der Waals surface area contributed by atoms with E-state index in [1.807, 2.05) is 6.92 Å². The molecular weight excluding hydrogens is 349 g/mol. The van der Waals surface area contributed by atoms with Crippen molar-refractivity contribution in [1.29, 1.82) is 0 Å². The van der Waals surface area contributed by atoms with Crippen LogP contribution < -0.4 is 0 Å². The highest BCUT2D eigenvalue weighted by Crippen LogP contribution is 2.24. The summed E-state index contributed by atoms with van der Waals surface area (Å²) in [6.45, 7) is 6.98. The molecule has 2 rings (SSSR count). The number of benzene rings is 1. The maximum absolute atomic E-state index is 14.2. The Bertz CT molecular complexity index is 712. The van der Waals surface area contributed by atoms with E-state index in [1.54, 1.807) is 32.9 Å². The fourth-order valence-corrected chi connectivity index (χ4v) is 3.48. The van der Waals surface area contributed by atoms with Gasteiger partial charge in [-0.05, 0) is 46.2 Å². The lowest BCUT2D eigenvalue weighted by molar-refractivity contribution is -0.0108. The highest BCUT2D eigenvalue weighted by molar-refractivity contribution is 7.86. The van der Waals surface area contributed by atoms with Crippen LogP contribution in [0.2, 0.25) is 0 Å². The number of carbonyl (C=O) groups excluding carboxylic acids is 1. The van der Waals surface area contributed by atoms with Crippen molar-refractivity contribution in [3.8, 4) is 0 Å². The molecule has 1 aromatic rings. The maximum atomic E-state index is 14.2. The normalized spacial score (nSPS) is 21.9. The van der Waals surface area contributed by atoms with E-state index in [1.165, 1.54) is 17.0 Å². The number of likely N-dealkylation sites (tertiary alicyclic amines) is 1. The molecule has 0 bridgehead atoms. The Hall–Kier alpha value is -1.67. The first-order valence-corrected chi connectivity index (χ1v) is 9.51. The van der Waals surface area contributed by atoms with E-state index in [0.717, 1.165) is 5.56 Å². The molecule has 8 heteroatoms. The minimum Gasteiger partial charge on any atom is -0.444 e. The lowest BCUT2D eigenvalue weighted by Gasteiger charge is -2.35. The van der Waals surface area contributed by atoms with E-state index >= 15 is 0 Å². The molecule has 0 aliphatic carbocycles. The van der Waals surface area contributed by atoms with Crippen LogP contribution in [-0.2, 0) is 19.0 Å². The molecule has 1 aromatic carbocycles. The molecule has 0 radical (unpaired) electrons. The highest BCUT2D eigenvalue weighted by Gasteiger charge is 2.37. The largest absolute Gasteiger partial charge is 0.444 e. The van der Waals surface area contributed by atoms with Crippen molar-refractivity contribution >= 4 is 16.2 Å². The zero-order chi connectivity index (χ0) is 18.8. The molecule has 1 aliphatic heterocycles. The summed E-state index contributed by atoms with van der Waals surface area (Å²) in [6, 6.07) is 6.09. The quantitative estimate of drug-likeness (QED) is 0.762. The first-order valence-electron chi connectivity index (χ1n) is 8.10. The molecule has 0 unspecified atom stereocenters. The molecule has 0 saturated carbocycles. The molecule has 1 amide bonds. The van der Waals surface area contributed by atoms with Crippen molar-refractivity contribution in [2.45, 2.75) is 56.9 Å². The van der Waals surface area contributed by atoms with Gasteiger partial charge in [-0.1, -0.05) is 17.7 Å². The average Bonchev–Trinajstić information content (AvgIpc) is 2.48. The number of hydrogen-bond donors (Lipinski definition) is 0. The summed E-state index contributed by atoms with van der Waals surface area (Å²) in [4.78, 5) is 13.3. The van der Waals surface area contributed by atoms with Gasteiger partial charge in [-0.15, -0.1) is 0 Å².